The van der Waals surface area contributed by atoms with Crippen molar-refractivity contribution in [2.45, 2.75) is 0 Å². The average Bonchev–Trinajstić information content (AvgIpc) is 3.10. The summed E-state index contributed by atoms with van der Waals surface area (Å²) in [6, 6.07) is 16.8. The van der Waals surface area contributed by atoms with Crippen LogP contribution < -0.4 is 0 Å². The van der Waals surface area contributed by atoms with Gasteiger partial charge in [0.2, 0.25) is 0 Å². The number of benzene rings is 2. The first-order valence-electron chi connectivity index (χ1n) is 5.58. The van der Waals surface area contributed by atoms with Gasteiger partial charge in [-0.15, -0.1) is 5.10 Å². The van der Waals surface area contributed by atoms with Gasteiger partial charge in [-0.3, -0.25) is 0 Å². The number of aromatic nitrogens is 5. The summed E-state index contributed by atoms with van der Waals surface area (Å²) < 4.78 is 0. The average molecular weight is 237 g/mol. The summed E-state index contributed by atoms with van der Waals surface area (Å²) in [7, 11) is 0. The molecule has 88 valence electrons. The maximum atomic E-state index is 3.38. The summed E-state index contributed by atoms with van der Waals surface area (Å²) in [5.41, 5.74) is 2.42. The monoisotopic (exact) mass is 237 g/mol. The number of H-pyrrole nitrogens is 2. The molecule has 2 N–H and O–H groups in total. The second-order valence-electron chi connectivity index (χ2n) is 3.78. The van der Waals surface area contributed by atoms with E-state index in [1.54, 1.807) is 0 Å². The maximum Gasteiger partial charge on any atom is 0.135 e. The van der Waals surface area contributed by atoms with Crippen molar-refractivity contribution in [2.75, 3.05) is 0 Å². The molecule has 0 unspecified atom stereocenters. The molecule has 0 saturated carbocycles. The minimum absolute atomic E-state index is 1.21. The summed E-state index contributed by atoms with van der Waals surface area (Å²) in [5, 5.41) is 14.7. The molecule has 0 spiro atoms. The van der Waals surface area contributed by atoms with Gasteiger partial charge < -0.3 is 4.98 Å². The molecule has 18 heavy (non-hydrogen) atoms. The summed E-state index contributed by atoms with van der Waals surface area (Å²) in [5.74, 6) is 0. The molecular formula is C13H11N5. The first kappa shape index (κ1) is 10.5. The van der Waals surface area contributed by atoms with Gasteiger partial charge in [-0.25, -0.2) is 5.10 Å². The fraction of sp³-hybridized carbons (Fsp3) is 0. The van der Waals surface area contributed by atoms with E-state index in [1.807, 2.05) is 0 Å². The molecular weight excluding hydrogens is 226 g/mol. The topological polar surface area (TPSA) is 70.2 Å². The minimum atomic E-state index is 1.21. The van der Waals surface area contributed by atoms with Crippen LogP contribution in [0.1, 0.15) is 0 Å². The van der Waals surface area contributed by atoms with Crippen LogP contribution in [-0.4, -0.2) is 25.6 Å². The molecule has 0 bridgehead atoms. The Morgan fingerprint density at radius 1 is 0.778 bits per heavy atom. The third-order valence-electron chi connectivity index (χ3n) is 2.68. The SMILES string of the molecule is c1ccc2c(c1)[nH]c1ccccc12.c1nnn[nH]1. The van der Waals surface area contributed by atoms with E-state index in [0.717, 1.165) is 0 Å². The Hall–Kier alpha value is -2.69. The minimum Gasteiger partial charge on any atom is -0.355 e. The highest BCUT2D eigenvalue weighted by Gasteiger charge is 2.00. The van der Waals surface area contributed by atoms with E-state index < -0.39 is 0 Å². The van der Waals surface area contributed by atoms with Crippen LogP contribution >= 0.6 is 0 Å². The molecule has 2 heterocycles. The molecule has 0 radical (unpaired) electrons. The number of nitrogens with zero attached hydrogens (tertiary/aromatic N) is 3. The molecule has 0 saturated heterocycles. The highest BCUT2D eigenvalue weighted by Crippen LogP contribution is 2.24. The zero-order chi connectivity index (χ0) is 12.2. The number of para-hydroxylation sites is 2. The highest BCUT2D eigenvalue weighted by atomic mass is 15.5. The van der Waals surface area contributed by atoms with Gasteiger partial charge >= 0.3 is 0 Å². The van der Waals surface area contributed by atoms with E-state index in [-0.39, 0.29) is 0 Å². The van der Waals surface area contributed by atoms with E-state index in [1.165, 1.54) is 28.1 Å². The zero-order valence-electron chi connectivity index (χ0n) is 9.54. The third-order valence-corrected chi connectivity index (χ3v) is 2.68. The second-order valence-corrected chi connectivity index (χ2v) is 3.78. The molecule has 5 heteroatoms. The van der Waals surface area contributed by atoms with E-state index >= 15 is 0 Å². The smallest absolute Gasteiger partial charge is 0.135 e. The number of rotatable bonds is 0. The third kappa shape index (κ3) is 1.93. The van der Waals surface area contributed by atoms with E-state index in [0.29, 0.717) is 0 Å². The highest BCUT2D eigenvalue weighted by molar-refractivity contribution is 6.06. The van der Waals surface area contributed by atoms with Gasteiger partial charge in [0.25, 0.3) is 0 Å². The van der Waals surface area contributed by atoms with Crippen LogP contribution in [0.5, 0.6) is 0 Å². The van der Waals surface area contributed by atoms with Crippen LogP contribution in [0.2, 0.25) is 0 Å². The van der Waals surface area contributed by atoms with Gasteiger partial charge in [-0.2, -0.15) is 0 Å². The molecule has 4 rings (SSSR count). The van der Waals surface area contributed by atoms with Gasteiger partial charge in [0.15, 0.2) is 0 Å². The lowest BCUT2D eigenvalue weighted by atomic mass is 10.2. The maximum absolute atomic E-state index is 3.38. The number of fused-ring (bicyclic) bond motifs is 3. The fourth-order valence-electron chi connectivity index (χ4n) is 1.93. The molecule has 2 aromatic heterocycles. The van der Waals surface area contributed by atoms with Gasteiger partial charge in [-0.1, -0.05) is 36.4 Å². The van der Waals surface area contributed by atoms with Gasteiger partial charge in [0.1, 0.15) is 6.33 Å². The number of nitrogens with one attached hydrogen (secondary N) is 2. The summed E-state index contributed by atoms with van der Waals surface area (Å²) in [4.78, 5) is 3.38. The Kier molecular flexibility index (Phi) is 2.71. The number of aromatic amines is 2. The van der Waals surface area contributed by atoms with Crippen LogP contribution in [-0.2, 0) is 0 Å². The van der Waals surface area contributed by atoms with Crippen LogP contribution in [0.15, 0.2) is 54.9 Å². The Balaban J connectivity index is 0.000000169. The standard InChI is InChI=1S/C12H9N.CH2N4/c1-3-7-11-9(5-1)10-6-2-4-8-12(10)13-11;1-2-4-5-3-1/h1-8,13H;1H,(H,2,3,4,5). The van der Waals surface area contributed by atoms with Crippen molar-refractivity contribution in [3.05, 3.63) is 54.9 Å². The number of hydrogen-bond donors (Lipinski definition) is 2. The van der Waals surface area contributed by atoms with E-state index in [2.05, 4.69) is 74.1 Å². The molecule has 0 aliphatic heterocycles. The van der Waals surface area contributed by atoms with Crippen LogP contribution in [0.3, 0.4) is 0 Å². The predicted molar refractivity (Wildman–Crippen MR) is 70.0 cm³/mol. The lowest BCUT2D eigenvalue weighted by molar-refractivity contribution is 0.881. The first-order valence-corrected chi connectivity index (χ1v) is 5.58. The summed E-state index contributed by atoms with van der Waals surface area (Å²) in [6.45, 7) is 0. The molecule has 0 atom stereocenters. The van der Waals surface area contributed by atoms with Crippen molar-refractivity contribution in [1.82, 2.24) is 25.6 Å². The molecule has 0 amide bonds. The molecule has 0 aliphatic carbocycles. The number of tetrazole rings is 1. The number of hydrogen-bond acceptors (Lipinski definition) is 3. The van der Waals surface area contributed by atoms with Gasteiger partial charge in [-0.05, 0) is 22.6 Å². The predicted octanol–water partition coefficient (Wildman–Crippen LogP) is 2.52. The molecule has 4 aromatic rings. The van der Waals surface area contributed by atoms with E-state index in [4.69, 9.17) is 0 Å². The summed E-state index contributed by atoms with van der Waals surface area (Å²) in [6.07, 6.45) is 1.40. The van der Waals surface area contributed by atoms with E-state index in [9.17, 15) is 0 Å². The first-order chi connectivity index (χ1) is 8.95. The quantitative estimate of drug-likeness (QED) is 0.493. The van der Waals surface area contributed by atoms with Gasteiger partial charge in [0, 0.05) is 21.8 Å². The van der Waals surface area contributed by atoms with Crippen molar-refractivity contribution in [2.24, 2.45) is 0 Å². The Morgan fingerprint density at radius 3 is 1.83 bits per heavy atom. The Morgan fingerprint density at radius 2 is 1.39 bits per heavy atom. The normalized spacial score (nSPS) is 10.2. The Labute approximate surface area is 103 Å². The van der Waals surface area contributed by atoms with Crippen molar-refractivity contribution >= 4 is 21.8 Å². The lowest BCUT2D eigenvalue weighted by Gasteiger charge is -1.87. The fourth-order valence-corrected chi connectivity index (χ4v) is 1.93. The molecule has 2 aromatic carbocycles. The lowest BCUT2D eigenvalue weighted by Crippen LogP contribution is -1.64. The van der Waals surface area contributed by atoms with Crippen molar-refractivity contribution in [3.63, 3.8) is 0 Å². The molecule has 5 nitrogen and oxygen atoms in total. The van der Waals surface area contributed by atoms with Crippen molar-refractivity contribution in [3.8, 4) is 0 Å². The van der Waals surface area contributed by atoms with Crippen LogP contribution in [0, 0.1) is 0 Å². The Bertz CT molecular complexity index is 675. The van der Waals surface area contributed by atoms with Crippen LogP contribution in [0.4, 0.5) is 0 Å². The van der Waals surface area contributed by atoms with Crippen LogP contribution in [0.25, 0.3) is 21.8 Å². The summed E-state index contributed by atoms with van der Waals surface area (Å²) >= 11 is 0. The van der Waals surface area contributed by atoms with Gasteiger partial charge in [0.05, 0.1) is 0 Å². The van der Waals surface area contributed by atoms with Crippen molar-refractivity contribution in [1.29, 1.82) is 0 Å². The largest absolute Gasteiger partial charge is 0.355 e. The molecule has 0 fully saturated rings. The zero-order valence-corrected chi connectivity index (χ0v) is 9.54. The van der Waals surface area contributed by atoms with Crippen molar-refractivity contribution < 1.29 is 0 Å². The second kappa shape index (κ2) is 4.67. The molecule has 0 aliphatic rings.